The second kappa shape index (κ2) is 5.83. The molecule has 2 fully saturated rings. The predicted molar refractivity (Wildman–Crippen MR) is 64.8 cm³/mol. The van der Waals surface area contributed by atoms with Gasteiger partial charge in [0.15, 0.2) is 0 Å². The first-order chi connectivity index (χ1) is 8.27. The van der Waals surface area contributed by atoms with Gasteiger partial charge in [0.25, 0.3) is 0 Å². The SMILES string of the molecule is COC(=O)C1(NC2CCCCCC2)CCOC1. The van der Waals surface area contributed by atoms with Crippen molar-refractivity contribution in [2.75, 3.05) is 20.3 Å². The Labute approximate surface area is 103 Å². The number of methoxy groups -OCH3 is 1. The Kier molecular flexibility index (Phi) is 4.40. The van der Waals surface area contributed by atoms with Gasteiger partial charge in [-0.3, -0.25) is 5.32 Å². The van der Waals surface area contributed by atoms with E-state index in [1.165, 1.54) is 45.6 Å². The van der Waals surface area contributed by atoms with Crippen molar-refractivity contribution in [2.24, 2.45) is 0 Å². The topological polar surface area (TPSA) is 47.6 Å². The van der Waals surface area contributed by atoms with Crippen LogP contribution in [-0.2, 0) is 14.3 Å². The van der Waals surface area contributed by atoms with Crippen LogP contribution in [0.25, 0.3) is 0 Å². The molecule has 1 atom stereocenters. The zero-order valence-corrected chi connectivity index (χ0v) is 10.7. The highest BCUT2D eigenvalue weighted by Crippen LogP contribution is 2.25. The molecule has 2 rings (SSSR count). The number of carbonyl (C=O) groups excluding carboxylic acids is 1. The molecule has 1 aliphatic heterocycles. The summed E-state index contributed by atoms with van der Waals surface area (Å²) in [7, 11) is 1.46. The number of esters is 1. The lowest BCUT2D eigenvalue weighted by molar-refractivity contribution is -0.149. The van der Waals surface area contributed by atoms with Gasteiger partial charge >= 0.3 is 5.97 Å². The zero-order chi connectivity index (χ0) is 12.1. The molecular weight excluding hydrogens is 218 g/mol. The number of hydrogen-bond donors (Lipinski definition) is 1. The van der Waals surface area contributed by atoms with Gasteiger partial charge in [0.2, 0.25) is 0 Å². The summed E-state index contributed by atoms with van der Waals surface area (Å²) >= 11 is 0. The molecular formula is C13H23NO3. The summed E-state index contributed by atoms with van der Waals surface area (Å²) in [5, 5.41) is 3.52. The van der Waals surface area contributed by atoms with Crippen LogP contribution in [0.15, 0.2) is 0 Å². The molecule has 0 spiro atoms. The van der Waals surface area contributed by atoms with Gasteiger partial charge in [0.1, 0.15) is 5.54 Å². The van der Waals surface area contributed by atoms with E-state index in [4.69, 9.17) is 9.47 Å². The maximum absolute atomic E-state index is 11.9. The highest BCUT2D eigenvalue weighted by atomic mass is 16.5. The Balaban J connectivity index is 1.99. The molecule has 1 heterocycles. The molecule has 2 aliphatic rings. The zero-order valence-electron chi connectivity index (χ0n) is 10.7. The smallest absolute Gasteiger partial charge is 0.328 e. The maximum atomic E-state index is 11.9. The molecule has 98 valence electrons. The predicted octanol–water partition coefficient (Wildman–Crippen LogP) is 1.63. The summed E-state index contributed by atoms with van der Waals surface area (Å²) in [5.41, 5.74) is -0.580. The number of carbonyl (C=O) groups is 1. The summed E-state index contributed by atoms with van der Waals surface area (Å²) in [4.78, 5) is 11.9. The lowest BCUT2D eigenvalue weighted by Crippen LogP contribution is -2.57. The van der Waals surface area contributed by atoms with Crippen molar-refractivity contribution in [3.05, 3.63) is 0 Å². The number of nitrogens with one attached hydrogen (secondary N) is 1. The summed E-state index contributed by atoms with van der Waals surface area (Å²) in [6, 6.07) is 0.443. The van der Waals surface area contributed by atoms with E-state index in [0.717, 1.165) is 6.42 Å². The average molecular weight is 241 g/mol. The third-order valence-electron chi connectivity index (χ3n) is 3.93. The lowest BCUT2D eigenvalue weighted by Gasteiger charge is -2.30. The van der Waals surface area contributed by atoms with Crippen LogP contribution >= 0.6 is 0 Å². The summed E-state index contributed by atoms with van der Waals surface area (Å²) < 4.78 is 10.3. The Morgan fingerprint density at radius 1 is 1.29 bits per heavy atom. The van der Waals surface area contributed by atoms with E-state index >= 15 is 0 Å². The fraction of sp³-hybridized carbons (Fsp3) is 0.923. The fourth-order valence-corrected chi connectivity index (χ4v) is 2.91. The van der Waals surface area contributed by atoms with Crippen molar-refractivity contribution in [1.82, 2.24) is 5.32 Å². The first-order valence-corrected chi connectivity index (χ1v) is 6.71. The minimum Gasteiger partial charge on any atom is -0.468 e. The van der Waals surface area contributed by atoms with Gasteiger partial charge in [-0.25, -0.2) is 4.79 Å². The normalized spacial score (nSPS) is 31.1. The van der Waals surface area contributed by atoms with Gasteiger partial charge in [-0.1, -0.05) is 25.7 Å². The van der Waals surface area contributed by atoms with E-state index in [0.29, 0.717) is 19.3 Å². The van der Waals surface area contributed by atoms with Crippen LogP contribution in [-0.4, -0.2) is 37.9 Å². The van der Waals surface area contributed by atoms with Crippen molar-refractivity contribution in [1.29, 1.82) is 0 Å². The maximum Gasteiger partial charge on any atom is 0.328 e. The van der Waals surface area contributed by atoms with Crippen molar-refractivity contribution < 1.29 is 14.3 Å². The van der Waals surface area contributed by atoms with Gasteiger partial charge in [0, 0.05) is 19.1 Å². The molecule has 1 saturated carbocycles. The minimum absolute atomic E-state index is 0.167. The van der Waals surface area contributed by atoms with Gasteiger partial charge in [-0.05, 0) is 12.8 Å². The van der Waals surface area contributed by atoms with Gasteiger partial charge in [-0.2, -0.15) is 0 Å². The molecule has 1 N–H and O–H groups in total. The van der Waals surface area contributed by atoms with Crippen LogP contribution in [0.4, 0.5) is 0 Å². The highest BCUT2D eigenvalue weighted by Gasteiger charge is 2.44. The molecule has 0 bridgehead atoms. The van der Waals surface area contributed by atoms with Crippen LogP contribution < -0.4 is 5.32 Å². The molecule has 0 aromatic carbocycles. The van der Waals surface area contributed by atoms with E-state index in [1.807, 2.05) is 0 Å². The summed E-state index contributed by atoms with van der Waals surface area (Å²) in [5.74, 6) is -0.167. The van der Waals surface area contributed by atoms with Gasteiger partial charge < -0.3 is 9.47 Å². The fourth-order valence-electron chi connectivity index (χ4n) is 2.91. The van der Waals surface area contributed by atoms with E-state index in [9.17, 15) is 4.79 Å². The van der Waals surface area contributed by atoms with Crippen LogP contribution in [0.1, 0.15) is 44.9 Å². The minimum atomic E-state index is -0.580. The molecule has 1 saturated heterocycles. The number of rotatable bonds is 3. The standard InChI is InChI=1S/C13H23NO3/c1-16-12(15)13(8-9-17-10-13)14-11-6-4-2-3-5-7-11/h11,14H,2-10H2,1H3. The Morgan fingerprint density at radius 3 is 2.53 bits per heavy atom. The second-order valence-electron chi connectivity index (χ2n) is 5.21. The quantitative estimate of drug-likeness (QED) is 0.602. The van der Waals surface area contributed by atoms with E-state index in [1.54, 1.807) is 0 Å². The first kappa shape index (κ1) is 12.8. The third-order valence-corrected chi connectivity index (χ3v) is 3.93. The highest BCUT2D eigenvalue weighted by molar-refractivity contribution is 5.81. The van der Waals surface area contributed by atoms with E-state index < -0.39 is 5.54 Å². The Bertz CT molecular complexity index is 253. The van der Waals surface area contributed by atoms with Gasteiger partial charge in [-0.15, -0.1) is 0 Å². The molecule has 1 aliphatic carbocycles. The monoisotopic (exact) mass is 241 g/mol. The molecule has 1 unspecified atom stereocenters. The third kappa shape index (κ3) is 2.99. The molecule has 0 aromatic heterocycles. The second-order valence-corrected chi connectivity index (χ2v) is 5.21. The first-order valence-electron chi connectivity index (χ1n) is 6.71. The molecule has 0 amide bonds. The van der Waals surface area contributed by atoms with Crippen molar-refractivity contribution in [3.8, 4) is 0 Å². The van der Waals surface area contributed by atoms with Crippen molar-refractivity contribution in [2.45, 2.75) is 56.5 Å². The summed E-state index contributed by atoms with van der Waals surface area (Å²) in [6.07, 6.45) is 8.22. The molecule has 17 heavy (non-hydrogen) atoms. The number of hydrogen-bond acceptors (Lipinski definition) is 4. The Morgan fingerprint density at radius 2 is 2.00 bits per heavy atom. The molecule has 4 heteroatoms. The van der Waals surface area contributed by atoms with Crippen LogP contribution in [0, 0.1) is 0 Å². The van der Waals surface area contributed by atoms with Crippen molar-refractivity contribution in [3.63, 3.8) is 0 Å². The lowest BCUT2D eigenvalue weighted by atomic mass is 9.95. The van der Waals surface area contributed by atoms with E-state index in [2.05, 4.69) is 5.32 Å². The average Bonchev–Trinajstić information content (AvgIpc) is 2.67. The van der Waals surface area contributed by atoms with Crippen LogP contribution in [0.2, 0.25) is 0 Å². The summed E-state index contributed by atoms with van der Waals surface area (Å²) in [6.45, 7) is 1.10. The number of ether oxygens (including phenoxy) is 2. The largest absolute Gasteiger partial charge is 0.468 e. The van der Waals surface area contributed by atoms with Gasteiger partial charge in [0.05, 0.1) is 13.7 Å². The molecule has 0 aromatic rings. The van der Waals surface area contributed by atoms with E-state index in [-0.39, 0.29) is 5.97 Å². The molecule has 0 radical (unpaired) electrons. The van der Waals surface area contributed by atoms with Crippen molar-refractivity contribution >= 4 is 5.97 Å². The van der Waals surface area contributed by atoms with Crippen LogP contribution in [0.3, 0.4) is 0 Å². The Hall–Kier alpha value is -0.610. The van der Waals surface area contributed by atoms with Crippen LogP contribution in [0.5, 0.6) is 0 Å². The molecule has 4 nitrogen and oxygen atoms in total.